The van der Waals surface area contributed by atoms with Gasteiger partial charge in [0.1, 0.15) is 41.8 Å². The van der Waals surface area contributed by atoms with Crippen molar-refractivity contribution in [2.24, 2.45) is 0 Å². The molecule has 0 atom stereocenters. The maximum atomic E-state index is 3.99. The zero-order valence-corrected chi connectivity index (χ0v) is 82.3. The molecule has 0 aliphatic rings. The van der Waals surface area contributed by atoms with E-state index in [0.717, 1.165) is 113 Å². The Labute approximate surface area is 748 Å². The molecule has 9 heterocycles. The van der Waals surface area contributed by atoms with Crippen molar-refractivity contribution in [3.05, 3.63) is 380 Å². The molecule has 0 N–H and O–H groups in total. The summed E-state index contributed by atoms with van der Waals surface area (Å²) in [7, 11) is 0. The van der Waals surface area contributed by atoms with E-state index in [-0.39, 0.29) is 0 Å². The number of aromatic nitrogens is 15. The first-order valence-electron chi connectivity index (χ1n) is 45.5. The molecule has 0 saturated heterocycles. The lowest BCUT2D eigenvalue weighted by Gasteiger charge is -1.89. The fraction of sp³-hybridized carbons (Fsp3) is 0.411. The summed E-state index contributed by atoms with van der Waals surface area (Å²) < 4.78 is 0. The summed E-state index contributed by atoms with van der Waals surface area (Å²) in [6, 6.07) is 65.3. The van der Waals surface area contributed by atoms with Gasteiger partial charge >= 0.3 is 0 Å². The molecule has 0 amide bonds. The largest absolute Gasteiger partial charge is 0.265 e. The maximum absolute atomic E-state index is 3.99. The van der Waals surface area contributed by atoms with Gasteiger partial charge in [-0.15, -0.1) is 0 Å². The lowest BCUT2D eigenvalue weighted by Crippen LogP contribution is -1.90. The van der Waals surface area contributed by atoms with Crippen LogP contribution in [0.5, 0.6) is 0 Å². The van der Waals surface area contributed by atoms with Gasteiger partial charge in [-0.1, -0.05) is 336 Å². The molecule has 0 saturated carbocycles. The summed E-state index contributed by atoms with van der Waals surface area (Å²) in [5.41, 5.74) is 11.0. The average Bonchev–Trinajstić information content (AvgIpc) is 1.17. The Morgan fingerprint density at radius 2 is 0.262 bits per heavy atom. The quantitative estimate of drug-likeness (QED) is 0.106. The molecular weight excluding hydrogens is 1500 g/mol. The third-order valence-electron chi connectivity index (χ3n) is 14.2. The van der Waals surface area contributed by atoms with Crippen LogP contribution in [-0.4, -0.2) is 74.8 Å². The molecule has 0 unspecified atom stereocenters. The number of hydrogen-bond acceptors (Lipinski definition) is 15. The van der Waals surface area contributed by atoms with E-state index in [0.29, 0.717) is 0 Å². The summed E-state index contributed by atoms with van der Waals surface area (Å²) in [4.78, 5) is 58.9. The van der Waals surface area contributed by atoms with E-state index in [4.69, 9.17) is 0 Å². The van der Waals surface area contributed by atoms with E-state index < -0.39 is 0 Å². The number of aryl methyl sites for hydroxylation is 13. The second-order valence-electron chi connectivity index (χ2n) is 21.7. The lowest BCUT2D eigenvalue weighted by atomic mass is 10.2. The minimum atomic E-state index is 0.847. The SMILES string of the molecule is CC.CC.CC.CC.CC.CC.CC.CC.CC.CCc1ccccc1.CCc1ccccc1.CCc1ccccc1.CCc1ccccc1.CCc1ccncc1.CCc1ccncc1.CCc1ccncc1.CCc1ccncc1.CCc1ncccn1.CCc1ncccn1.CCc1ncccn1.CCc1ncccn1.CCc1ncncn1. The smallest absolute Gasteiger partial charge is 0.131 e. The third kappa shape index (κ3) is 89.6. The minimum Gasteiger partial charge on any atom is -0.265 e. The van der Waals surface area contributed by atoms with Gasteiger partial charge in [-0.05, 0) is 169 Å². The van der Waals surface area contributed by atoms with Crippen molar-refractivity contribution in [3.8, 4) is 0 Å². The number of rotatable bonds is 13. The van der Waals surface area contributed by atoms with Crippen LogP contribution < -0.4 is 0 Å². The molecule has 672 valence electrons. The van der Waals surface area contributed by atoms with Gasteiger partial charge < -0.3 is 0 Å². The van der Waals surface area contributed by atoms with E-state index in [1.54, 1.807) is 49.6 Å². The van der Waals surface area contributed by atoms with Crippen molar-refractivity contribution < 1.29 is 0 Å². The monoisotopic (exact) mass is 1660 g/mol. The van der Waals surface area contributed by atoms with Crippen LogP contribution in [0.25, 0.3) is 0 Å². The fourth-order valence-corrected chi connectivity index (χ4v) is 7.82. The van der Waals surface area contributed by atoms with Crippen molar-refractivity contribution in [1.82, 2.24) is 74.8 Å². The van der Waals surface area contributed by atoms with Crippen LogP contribution in [0.4, 0.5) is 0 Å². The molecule has 0 bridgehead atoms. The molecular formula is C107H169N15. The molecule has 13 aromatic rings. The second-order valence-corrected chi connectivity index (χ2v) is 21.7. The molecule has 4 aromatic carbocycles. The van der Waals surface area contributed by atoms with Gasteiger partial charge in [0.05, 0.1) is 0 Å². The lowest BCUT2D eigenvalue weighted by molar-refractivity contribution is 0.896. The van der Waals surface area contributed by atoms with Crippen LogP contribution >= 0.6 is 0 Å². The molecule has 0 spiro atoms. The summed E-state index contributed by atoms with van der Waals surface area (Å²) in [6.07, 6.45) is 45.1. The van der Waals surface area contributed by atoms with E-state index in [1.807, 2.05) is 306 Å². The van der Waals surface area contributed by atoms with Gasteiger partial charge in [0.15, 0.2) is 0 Å². The van der Waals surface area contributed by atoms with Gasteiger partial charge in [0.25, 0.3) is 0 Å². The van der Waals surface area contributed by atoms with Crippen LogP contribution in [0, 0.1) is 0 Å². The summed E-state index contributed by atoms with van der Waals surface area (Å²) in [5, 5.41) is 0. The molecule has 0 aliphatic carbocycles. The van der Waals surface area contributed by atoms with E-state index in [1.165, 1.54) is 57.2 Å². The van der Waals surface area contributed by atoms with Crippen molar-refractivity contribution in [3.63, 3.8) is 0 Å². The predicted molar refractivity (Wildman–Crippen MR) is 535 cm³/mol. The third-order valence-corrected chi connectivity index (χ3v) is 14.2. The second kappa shape index (κ2) is 116. The van der Waals surface area contributed by atoms with Crippen molar-refractivity contribution in [1.29, 1.82) is 0 Å². The topological polar surface area (TPSA) is 193 Å². The maximum Gasteiger partial charge on any atom is 0.131 e. The molecule has 15 nitrogen and oxygen atoms in total. The Kier molecular flexibility index (Phi) is 123. The highest BCUT2D eigenvalue weighted by Crippen LogP contribution is 2.02. The number of benzene rings is 4. The Hall–Kier alpha value is -11.2. The zero-order valence-electron chi connectivity index (χ0n) is 82.3. The first-order valence-corrected chi connectivity index (χ1v) is 45.5. The fourth-order valence-electron chi connectivity index (χ4n) is 7.82. The number of pyridine rings is 4. The van der Waals surface area contributed by atoms with Gasteiger partial charge in [-0.2, -0.15) is 0 Å². The van der Waals surface area contributed by atoms with Crippen LogP contribution in [0.15, 0.2) is 306 Å². The van der Waals surface area contributed by atoms with E-state index in [9.17, 15) is 0 Å². The summed E-state index contributed by atoms with van der Waals surface area (Å²) in [6.45, 7) is 63.3. The molecule has 9 aromatic heterocycles. The van der Waals surface area contributed by atoms with Gasteiger partial charge in [0, 0.05) is 131 Å². The standard InChI is InChI=1S/4C8H10.4C7H9N.4C6H8N2.C5H7N3.9C2H6/c4*1-2-8-6-4-3-5-7-8;4*1-2-7-3-5-8-6-4-7;4*1-2-6-7-4-3-5-8-6;1-2-5-7-3-6-4-8-5;9*1-2/h4*3-7H,2H2,1H3;4*3-6H,2H2,1H3;4*3-5H,2H2,1H3;3-4H,2H2,1H3;9*1-2H3. The van der Waals surface area contributed by atoms with Crippen LogP contribution in [0.1, 0.15) is 288 Å². The van der Waals surface area contributed by atoms with E-state index in [2.05, 4.69) is 227 Å². The Morgan fingerprint density at radius 3 is 0.361 bits per heavy atom. The Balaban J connectivity index is -0.000000159. The van der Waals surface area contributed by atoms with Gasteiger partial charge in [0.2, 0.25) is 0 Å². The Bertz CT molecular complexity index is 2850. The van der Waals surface area contributed by atoms with Crippen molar-refractivity contribution in [2.75, 3.05) is 0 Å². The Morgan fingerprint density at radius 1 is 0.131 bits per heavy atom. The first-order chi connectivity index (χ1) is 60.1. The molecule has 0 aliphatic heterocycles. The van der Waals surface area contributed by atoms with E-state index >= 15 is 0 Å². The number of nitrogens with zero attached hydrogens (tertiary/aromatic N) is 15. The van der Waals surface area contributed by atoms with Crippen molar-refractivity contribution in [2.45, 2.75) is 298 Å². The molecule has 0 fully saturated rings. The summed E-state index contributed by atoms with van der Waals surface area (Å²) in [5.74, 6) is 4.49. The number of hydrogen-bond donors (Lipinski definition) is 0. The van der Waals surface area contributed by atoms with Crippen LogP contribution in [-0.2, 0) is 83.5 Å². The summed E-state index contributed by atoms with van der Waals surface area (Å²) >= 11 is 0. The predicted octanol–water partition coefficient (Wildman–Crippen LogP) is 29.4. The van der Waals surface area contributed by atoms with Gasteiger partial charge in [-0.3, -0.25) is 19.9 Å². The zero-order chi connectivity index (χ0) is 93.7. The molecule has 0 radical (unpaired) electrons. The van der Waals surface area contributed by atoms with Crippen LogP contribution in [0.3, 0.4) is 0 Å². The highest BCUT2D eigenvalue weighted by atomic mass is 15.0. The first kappa shape index (κ1) is 129. The highest BCUT2D eigenvalue weighted by Gasteiger charge is 1.90. The molecule has 13 rings (SSSR count). The average molecular weight is 1670 g/mol. The minimum absolute atomic E-state index is 0.847. The normalized spacial score (nSPS) is 8.22. The van der Waals surface area contributed by atoms with Crippen molar-refractivity contribution >= 4 is 0 Å². The van der Waals surface area contributed by atoms with Gasteiger partial charge in [-0.25, -0.2) is 54.8 Å². The van der Waals surface area contributed by atoms with Crippen LogP contribution in [0.2, 0.25) is 0 Å². The highest BCUT2D eigenvalue weighted by molar-refractivity contribution is 5.17. The molecule has 122 heavy (non-hydrogen) atoms. The molecule has 15 heteroatoms.